The van der Waals surface area contributed by atoms with E-state index in [-0.39, 0.29) is 18.5 Å². The molecule has 1 aliphatic carbocycles. The summed E-state index contributed by atoms with van der Waals surface area (Å²) in [5.41, 5.74) is 2.04. The van der Waals surface area contributed by atoms with Gasteiger partial charge < -0.3 is 9.32 Å². The molecule has 1 saturated carbocycles. The monoisotopic (exact) mass is 421 g/mol. The van der Waals surface area contributed by atoms with Crippen LogP contribution in [0.5, 0.6) is 0 Å². The van der Waals surface area contributed by atoms with Crippen molar-refractivity contribution in [2.75, 3.05) is 0 Å². The van der Waals surface area contributed by atoms with E-state index < -0.39 is 0 Å². The first kappa shape index (κ1) is 18.4. The highest BCUT2D eigenvalue weighted by atomic mass is 35.5. The van der Waals surface area contributed by atoms with Crippen molar-refractivity contribution >= 4 is 17.5 Å². The number of carbonyl (C=O) groups excluding carboxylic acids is 1. The molecule has 0 atom stereocenters. The molecule has 0 saturated heterocycles. The lowest BCUT2D eigenvalue weighted by molar-refractivity contribution is 0.0714. The summed E-state index contributed by atoms with van der Waals surface area (Å²) in [6.07, 6.45) is 3.40. The number of amides is 1. The van der Waals surface area contributed by atoms with Crippen molar-refractivity contribution in [3.63, 3.8) is 0 Å². The molecule has 0 spiro atoms. The molecular weight excluding hydrogens is 406 g/mol. The Morgan fingerprint density at radius 1 is 1.17 bits per heavy atom. The predicted molar refractivity (Wildman–Crippen MR) is 107 cm³/mol. The van der Waals surface area contributed by atoms with Crippen LogP contribution in [0, 0.1) is 0 Å². The van der Waals surface area contributed by atoms with E-state index in [4.69, 9.17) is 16.0 Å². The number of hydrogen-bond donors (Lipinski definition) is 0. The van der Waals surface area contributed by atoms with Crippen molar-refractivity contribution < 1.29 is 9.21 Å². The first-order chi connectivity index (χ1) is 14.7. The van der Waals surface area contributed by atoms with Gasteiger partial charge in [0.15, 0.2) is 0 Å². The standard InChI is InChI=1S/C20H16ClN7O2/c21-15-6-4-13(5-7-15)19-24-23-18(30-19)11-27(16-8-9-16)20(29)14-2-1-3-17(10-14)28-12-22-25-26-28/h1-7,10,12,16H,8-9,11H2. The second-order valence-corrected chi connectivity index (χ2v) is 7.41. The van der Waals surface area contributed by atoms with E-state index in [2.05, 4.69) is 25.7 Å². The minimum absolute atomic E-state index is 0.0985. The molecule has 0 unspecified atom stereocenters. The lowest BCUT2D eigenvalue weighted by Gasteiger charge is -2.20. The molecule has 2 heterocycles. The largest absolute Gasteiger partial charge is 0.419 e. The summed E-state index contributed by atoms with van der Waals surface area (Å²) in [4.78, 5) is 15.0. The third kappa shape index (κ3) is 3.79. The summed E-state index contributed by atoms with van der Waals surface area (Å²) in [6.45, 7) is 0.249. The Labute approximate surface area is 176 Å². The van der Waals surface area contributed by atoms with Gasteiger partial charge in [0.1, 0.15) is 6.33 Å². The average Bonchev–Trinajstić information content (AvgIpc) is 3.26. The van der Waals surface area contributed by atoms with E-state index in [0.29, 0.717) is 28.1 Å². The molecule has 1 amide bonds. The maximum atomic E-state index is 13.2. The zero-order chi connectivity index (χ0) is 20.5. The Morgan fingerprint density at radius 2 is 2.00 bits per heavy atom. The van der Waals surface area contributed by atoms with Crippen LogP contribution in [0.3, 0.4) is 0 Å². The predicted octanol–water partition coefficient (Wildman–Crippen LogP) is 3.17. The molecule has 5 rings (SSSR count). The molecule has 0 aliphatic heterocycles. The first-order valence-corrected chi connectivity index (χ1v) is 9.78. The number of aromatic nitrogens is 6. The van der Waals surface area contributed by atoms with Crippen LogP contribution in [-0.4, -0.2) is 47.3 Å². The van der Waals surface area contributed by atoms with Crippen LogP contribution >= 0.6 is 11.6 Å². The molecule has 4 aromatic rings. The van der Waals surface area contributed by atoms with Gasteiger partial charge in [-0.1, -0.05) is 17.7 Å². The Bertz CT molecular complexity index is 1170. The van der Waals surface area contributed by atoms with Crippen molar-refractivity contribution in [2.24, 2.45) is 0 Å². The van der Waals surface area contributed by atoms with E-state index >= 15 is 0 Å². The number of tetrazole rings is 1. The van der Waals surface area contributed by atoms with Gasteiger partial charge >= 0.3 is 0 Å². The van der Waals surface area contributed by atoms with Gasteiger partial charge in [-0.05, 0) is 65.7 Å². The van der Waals surface area contributed by atoms with E-state index in [1.807, 2.05) is 18.2 Å². The van der Waals surface area contributed by atoms with Crippen LogP contribution < -0.4 is 0 Å². The number of nitrogens with zero attached hydrogens (tertiary/aromatic N) is 7. The molecule has 10 heteroatoms. The molecule has 0 bridgehead atoms. The van der Waals surface area contributed by atoms with Crippen molar-refractivity contribution in [3.8, 4) is 17.1 Å². The van der Waals surface area contributed by atoms with Gasteiger partial charge in [-0.3, -0.25) is 4.79 Å². The molecule has 1 fully saturated rings. The fourth-order valence-corrected chi connectivity index (χ4v) is 3.28. The zero-order valence-electron chi connectivity index (χ0n) is 15.7. The lowest BCUT2D eigenvalue weighted by atomic mass is 10.1. The quantitative estimate of drug-likeness (QED) is 0.471. The maximum absolute atomic E-state index is 13.2. The number of rotatable bonds is 6. The first-order valence-electron chi connectivity index (χ1n) is 9.40. The van der Waals surface area contributed by atoms with Crippen LogP contribution in [0.15, 0.2) is 59.3 Å². The highest BCUT2D eigenvalue weighted by Crippen LogP contribution is 2.30. The van der Waals surface area contributed by atoms with Crippen LogP contribution in [0.25, 0.3) is 17.1 Å². The Hall–Kier alpha value is -3.59. The van der Waals surface area contributed by atoms with Gasteiger partial charge in [-0.2, -0.15) is 0 Å². The van der Waals surface area contributed by atoms with Gasteiger partial charge in [0.25, 0.3) is 5.91 Å². The minimum Gasteiger partial charge on any atom is -0.419 e. The topological polar surface area (TPSA) is 103 Å². The fraction of sp³-hybridized carbons (Fsp3) is 0.200. The van der Waals surface area contributed by atoms with Gasteiger partial charge in [0.05, 0.1) is 12.2 Å². The third-order valence-electron chi connectivity index (χ3n) is 4.82. The molecule has 9 nitrogen and oxygen atoms in total. The highest BCUT2D eigenvalue weighted by molar-refractivity contribution is 6.30. The SMILES string of the molecule is O=C(c1cccc(-n2cnnn2)c1)N(Cc1nnc(-c2ccc(Cl)cc2)o1)C1CC1. The number of hydrogen-bond acceptors (Lipinski definition) is 7. The maximum Gasteiger partial charge on any atom is 0.254 e. The Kier molecular flexibility index (Phi) is 4.72. The molecule has 0 radical (unpaired) electrons. The average molecular weight is 422 g/mol. The van der Waals surface area contributed by atoms with E-state index in [9.17, 15) is 4.79 Å². The molecular formula is C20H16ClN7O2. The van der Waals surface area contributed by atoms with Crippen molar-refractivity contribution in [2.45, 2.75) is 25.4 Å². The summed E-state index contributed by atoms with van der Waals surface area (Å²) in [6, 6.07) is 14.5. The molecule has 30 heavy (non-hydrogen) atoms. The Morgan fingerprint density at radius 3 is 2.73 bits per heavy atom. The number of halogens is 1. The van der Waals surface area contributed by atoms with Crippen LogP contribution in [0.1, 0.15) is 29.1 Å². The van der Waals surface area contributed by atoms with Gasteiger partial charge in [-0.15, -0.1) is 15.3 Å². The van der Waals surface area contributed by atoms with Crippen LogP contribution in [-0.2, 0) is 6.54 Å². The third-order valence-corrected chi connectivity index (χ3v) is 5.07. The number of carbonyl (C=O) groups is 1. The van der Waals surface area contributed by atoms with Gasteiger partial charge in [-0.25, -0.2) is 4.68 Å². The van der Waals surface area contributed by atoms with E-state index in [1.165, 1.54) is 11.0 Å². The Balaban J connectivity index is 1.37. The normalized spacial score (nSPS) is 13.4. The summed E-state index contributed by atoms with van der Waals surface area (Å²) >= 11 is 5.93. The highest BCUT2D eigenvalue weighted by Gasteiger charge is 2.34. The van der Waals surface area contributed by atoms with Gasteiger partial charge in [0, 0.05) is 22.2 Å². The van der Waals surface area contributed by atoms with Crippen LogP contribution in [0.2, 0.25) is 5.02 Å². The van der Waals surface area contributed by atoms with Crippen LogP contribution in [0.4, 0.5) is 0 Å². The fourth-order valence-electron chi connectivity index (χ4n) is 3.15. The van der Waals surface area contributed by atoms with Gasteiger partial charge in [0.2, 0.25) is 11.8 Å². The van der Waals surface area contributed by atoms with Crippen molar-refractivity contribution in [1.29, 1.82) is 0 Å². The van der Waals surface area contributed by atoms with E-state index in [1.54, 1.807) is 35.2 Å². The second kappa shape index (κ2) is 7.68. The number of benzene rings is 2. The lowest BCUT2D eigenvalue weighted by Crippen LogP contribution is -2.32. The van der Waals surface area contributed by atoms with Crippen molar-refractivity contribution in [1.82, 2.24) is 35.3 Å². The summed E-state index contributed by atoms with van der Waals surface area (Å²) in [7, 11) is 0. The smallest absolute Gasteiger partial charge is 0.254 e. The molecule has 1 aliphatic rings. The summed E-state index contributed by atoms with van der Waals surface area (Å²) in [5.74, 6) is 0.682. The summed E-state index contributed by atoms with van der Waals surface area (Å²) < 4.78 is 7.31. The zero-order valence-corrected chi connectivity index (χ0v) is 16.5. The molecule has 150 valence electrons. The summed E-state index contributed by atoms with van der Waals surface area (Å²) in [5, 5.41) is 20.0. The minimum atomic E-state index is -0.0985. The molecule has 2 aromatic carbocycles. The van der Waals surface area contributed by atoms with E-state index in [0.717, 1.165) is 18.4 Å². The van der Waals surface area contributed by atoms with Crippen molar-refractivity contribution in [3.05, 3.63) is 71.3 Å². The molecule has 2 aromatic heterocycles. The molecule has 0 N–H and O–H groups in total. The second-order valence-electron chi connectivity index (χ2n) is 6.98.